The number of hydrogen-bond acceptors (Lipinski definition) is 8. The molecule has 0 aliphatic heterocycles. The van der Waals surface area contributed by atoms with Crippen LogP contribution in [0.1, 0.15) is 15.9 Å². The van der Waals surface area contributed by atoms with Gasteiger partial charge in [-0.2, -0.15) is 0 Å². The Morgan fingerprint density at radius 2 is 1.45 bits per heavy atom. The molecule has 3 aromatic carbocycles. The molecule has 0 radical (unpaired) electrons. The van der Waals surface area contributed by atoms with E-state index in [2.05, 4.69) is 15.4 Å². The van der Waals surface area contributed by atoms with E-state index in [-0.39, 0.29) is 17.4 Å². The molecule has 10 heteroatoms. The number of esters is 1. The van der Waals surface area contributed by atoms with Gasteiger partial charge < -0.3 is 29.6 Å². The number of rotatable bonds is 11. The minimum atomic E-state index is -0.555. The number of methoxy groups -OCH3 is 4. The highest BCUT2D eigenvalue weighted by molar-refractivity contribution is 8.00. The van der Waals surface area contributed by atoms with Crippen molar-refractivity contribution in [1.82, 2.24) is 5.32 Å². The molecule has 0 aliphatic rings. The zero-order valence-electron chi connectivity index (χ0n) is 21.4. The van der Waals surface area contributed by atoms with Gasteiger partial charge in [-0.3, -0.25) is 14.4 Å². The molecule has 2 N–H and O–H groups in total. The van der Waals surface area contributed by atoms with Gasteiger partial charge in [-0.25, -0.2) is 0 Å². The lowest BCUT2D eigenvalue weighted by Gasteiger charge is -2.15. The van der Waals surface area contributed by atoms with Crippen molar-refractivity contribution in [2.24, 2.45) is 0 Å². The number of carbonyl (C=O) groups is 3. The van der Waals surface area contributed by atoms with E-state index in [1.54, 1.807) is 66.7 Å². The summed E-state index contributed by atoms with van der Waals surface area (Å²) in [5.74, 6) is 0.117. The van der Waals surface area contributed by atoms with Crippen molar-refractivity contribution >= 4 is 41.3 Å². The van der Waals surface area contributed by atoms with Crippen LogP contribution in [-0.4, -0.2) is 52.0 Å². The first kappa shape index (κ1) is 28.1. The number of ether oxygens (including phenoxy) is 4. The second-order valence-electron chi connectivity index (χ2n) is 7.67. The molecule has 0 unspecified atom stereocenters. The molecule has 0 heterocycles. The minimum absolute atomic E-state index is 0.0199. The Balaban J connectivity index is 1.91. The van der Waals surface area contributed by atoms with E-state index in [9.17, 15) is 14.4 Å². The molecule has 0 aliphatic carbocycles. The zero-order valence-corrected chi connectivity index (χ0v) is 22.2. The first-order valence-electron chi connectivity index (χ1n) is 11.4. The number of amides is 2. The Hall–Kier alpha value is -4.44. The molecule has 0 bridgehead atoms. The van der Waals surface area contributed by atoms with Crippen LogP contribution in [0.25, 0.3) is 6.08 Å². The molecule has 198 valence electrons. The summed E-state index contributed by atoms with van der Waals surface area (Å²) >= 11 is 1.31. The van der Waals surface area contributed by atoms with Gasteiger partial charge in [-0.05, 0) is 48.5 Å². The van der Waals surface area contributed by atoms with Crippen LogP contribution in [0.15, 0.2) is 77.3 Å². The SMILES string of the molecule is COC(=O)CSc1ccc(NC(=O)/C(=C/c2cc(OC)c(OC)cc2OC)NC(=O)c2ccccc2)cc1. The Labute approximate surface area is 225 Å². The summed E-state index contributed by atoms with van der Waals surface area (Å²) in [4.78, 5) is 38.5. The van der Waals surface area contributed by atoms with Crippen LogP contribution in [0.3, 0.4) is 0 Å². The van der Waals surface area contributed by atoms with Gasteiger partial charge in [-0.15, -0.1) is 11.8 Å². The largest absolute Gasteiger partial charge is 0.496 e. The fourth-order valence-corrected chi connectivity index (χ4v) is 4.03. The summed E-state index contributed by atoms with van der Waals surface area (Å²) in [6.07, 6.45) is 1.50. The first-order valence-corrected chi connectivity index (χ1v) is 12.4. The smallest absolute Gasteiger partial charge is 0.315 e. The van der Waals surface area contributed by atoms with Crippen molar-refractivity contribution in [3.8, 4) is 17.2 Å². The zero-order chi connectivity index (χ0) is 27.5. The average molecular weight is 537 g/mol. The number of carbonyl (C=O) groups excluding carboxylic acids is 3. The molecule has 38 heavy (non-hydrogen) atoms. The van der Waals surface area contributed by atoms with Crippen LogP contribution >= 0.6 is 11.8 Å². The Morgan fingerprint density at radius 1 is 0.816 bits per heavy atom. The third kappa shape index (κ3) is 7.53. The molecular weight excluding hydrogens is 508 g/mol. The third-order valence-corrected chi connectivity index (χ3v) is 6.25. The molecule has 2 amide bonds. The highest BCUT2D eigenvalue weighted by Crippen LogP contribution is 2.35. The number of thioether (sulfide) groups is 1. The number of anilines is 1. The Kier molecular flexibility index (Phi) is 10.2. The van der Waals surface area contributed by atoms with Gasteiger partial charge in [0.25, 0.3) is 11.8 Å². The molecule has 0 spiro atoms. The van der Waals surface area contributed by atoms with Gasteiger partial charge in [-0.1, -0.05) is 18.2 Å². The van der Waals surface area contributed by atoms with Crippen molar-refractivity contribution in [2.45, 2.75) is 4.90 Å². The van der Waals surface area contributed by atoms with Gasteiger partial charge in [0.1, 0.15) is 11.4 Å². The van der Waals surface area contributed by atoms with Crippen LogP contribution in [-0.2, 0) is 14.3 Å². The summed E-state index contributed by atoms with van der Waals surface area (Å²) in [7, 11) is 5.82. The van der Waals surface area contributed by atoms with Gasteiger partial charge in [0.15, 0.2) is 11.5 Å². The van der Waals surface area contributed by atoms with Crippen LogP contribution < -0.4 is 24.8 Å². The maximum Gasteiger partial charge on any atom is 0.315 e. The summed E-state index contributed by atoms with van der Waals surface area (Å²) in [5.41, 5.74) is 1.35. The topological polar surface area (TPSA) is 112 Å². The molecule has 0 fully saturated rings. The van der Waals surface area contributed by atoms with Gasteiger partial charge >= 0.3 is 5.97 Å². The van der Waals surface area contributed by atoms with Gasteiger partial charge in [0.2, 0.25) is 0 Å². The molecule has 3 aromatic rings. The minimum Gasteiger partial charge on any atom is -0.496 e. The maximum atomic E-state index is 13.3. The van der Waals surface area contributed by atoms with Crippen LogP contribution in [0.5, 0.6) is 17.2 Å². The second kappa shape index (κ2) is 13.8. The van der Waals surface area contributed by atoms with Crippen LogP contribution in [0.2, 0.25) is 0 Å². The first-order chi connectivity index (χ1) is 18.4. The van der Waals surface area contributed by atoms with Crippen molar-refractivity contribution in [3.05, 3.63) is 83.6 Å². The molecule has 0 saturated heterocycles. The van der Waals surface area contributed by atoms with E-state index in [0.717, 1.165) is 4.90 Å². The standard InChI is InChI=1S/C28H28N2O7S/c1-34-23-16-25(36-3)24(35-2)15-19(23)14-22(30-27(32)18-8-6-5-7-9-18)28(33)29-20-10-12-21(13-11-20)38-17-26(31)37-4/h5-16H,17H2,1-4H3,(H,29,33)(H,30,32)/b22-14-. The van der Waals surface area contributed by atoms with E-state index in [1.165, 1.54) is 46.3 Å². The number of hydrogen-bond donors (Lipinski definition) is 2. The normalized spacial score (nSPS) is 10.8. The Morgan fingerprint density at radius 3 is 2.05 bits per heavy atom. The number of nitrogens with one attached hydrogen (secondary N) is 2. The van der Waals surface area contributed by atoms with E-state index >= 15 is 0 Å². The lowest BCUT2D eigenvalue weighted by atomic mass is 10.1. The quantitative estimate of drug-likeness (QED) is 0.211. The fraction of sp³-hybridized carbons (Fsp3) is 0.179. The molecule has 9 nitrogen and oxygen atoms in total. The van der Waals surface area contributed by atoms with Crippen molar-refractivity contribution in [2.75, 3.05) is 39.5 Å². The van der Waals surface area contributed by atoms with Crippen molar-refractivity contribution < 1.29 is 33.3 Å². The van der Waals surface area contributed by atoms with E-state index in [4.69, 9.17) is 14.2 Å². The lowest BCUT2D eigenvalue weighted by molar-refractivity contribution is -0.137. The lowest BCUT2D eigenvalue weighted by Crippen LogP contribution is -2.30. The van der Waals surface area contributed by atoms with E-state index in [1.807, 2.05) is 0 Å². The fourth-order valence-electron chi connectivity index (χ4n) is 3.30. The molecule has 3 rings (SSSR count). The van der Waals surface area contributed by atoms with Crippen LogP contribution in [0.4, 0.5) is 5.69 Å². The molecule has 0 saturated carbocycles. The summed E-state index contributed by atoms with van der Waals surface area (Å²) in [6.45, 7) is 0. The predicted molar refractivity (Wildman–Crippen MR) is 146 cm³/mol. The van der Waals surface area contributed by atoms with Crippen molar-refractivity contribution in [1.29, 1.82) is 0 Å². The predicted octanol–water partition coefficient (Wildman–Crippen LogP) is 4.39. The Bertz CT molecular complexity index is 1310. The molecular formula is C28H28N2O7S. The third-order valence-electron chi connectivity index (χ3n) is 5.26. The van der Waals surface area contributed by atoms with E-state index in [0.29, 0.717) is 34.1 Å². The van der Waals surface area contributed by atoms with Gasteiger partial charge in [0.05, 0.1) is 34.2 Å². The van der Waals surface area contributed by atoms with Gasteiger partial charge in [0, 0.05) is 27.8 Å². The monoisotopic (exact) mass is 536 g/mol. The molecule has 0 aromatic heterocycles. The average Bonchev–Trinajstić information content (AvgIpc) is 2.96. The maximum absolute atomic E-state index is 13.3. The summed E-state index contributed by atoms with van der Waals surface area (Å²) in [6, 6.07) is 18.8. The van der Waals surface area contributed by atoms with E-state index < -0.39 is 11.8 Å². The molecule has 0 atom stereocenters. The summed E-state index contributed by atoms with van der Waals surface area (Å²) in [5, 5.41) is 5.49. The van der Waals surface area contributed by atoms with Crippen molar-refractivity contribution in [3.63, 3.8) is 0 Å². The second-order valence-corrected chi connectivity index (χ2v) is 8.72. The highest BCUT2D eigenvalue weighted by atomic mass is 32.2. The number of benzene rings is 3. The van der Waals surface area contributed by atoms with Crippen LogP contribution in [0, 0.1) is 0 Å². The summed E-state index contributed by atoms with van der Waals surface area (Å²) < 4.78 is 20.8. The highest BCUT2D eigenvalue weighted by Gasteiger charge is 2.18.